The number of hydrogen-bond acceptors (Lipinski definition) is 5. The van der Waals surface area contributed by atoms with Gasteiger partial charge in [0.1, 0.15) is 6.54 Å². The van der Waals surface area contributed by atoms with Crippen LogP contribution in [0, 0.1) is 24.0 Å². The Morgan fingerprint density at radius 3 is 2.58 bits per heavy atom. The average Bonchev–Trinajstić information content (AvgIpc) is 2.82. The zero-order chi connectivity index (χ0) is 17.9. The molecule has 1 heterocycles. The van der Waals surface area contributed by atoms with E-state index in [4.69, 9.17) is 0 Å². The van der Waals surface area contributed by atoms with Gasteiger partial charge in [-0.2, -0.15) is 5.10 Å². The van der Waals surface area contributed by atoms with Crippen LogP contribution in [0.5, 0.6) is 0 Å². The number of halogens is 1. The molecule has 0 saturated heterocycles. The summed E-state index contributed by atoms with van der Waals surface area (Å²) in [7, 11) is 0. The standard InChI is InChI=1S/C14H14BrN5O4/c1-8-5-9(2)19(18-8)7-13(21)16-17-14(22)10-3-4-11(15)12(6-10)20(23)24/h3-6H,7H2,1-2H3,(H,16,21)(H,17,22). The van der Waals surface area contributed by atoms with Gasteiger partial charge in [0.2, 0.25) is 0 Å². The lowest BCUT2D eigenvalue weighted by molar-refractivity contribution is -0.385. The van der Waals surface area contributed by atoms with Gasteiger partial charge in [0.25, 0.3) is 17.5 Å². The first-order valence-corrected chi connectivity index (χ1v) is 7.61. The number of amides is 2. The van der Waals surface area contributed by atoms with Gasteiger partial charge in [-0.15, -0.1) is 0 Å². The Morgan fingerprint density at radius 1 is 1.29 bits per heavy atom. The van der Waals surface area contributed by atoms with Crippen LogP contribution in [0.15, 0.2) is 28.7 Å². The third-order valence-electron chi connectivity index (χ3n) is 3.12. The molecule has 1 aromatic heterocycles. The first kappa shape index (κ1) is 17.6. The van der Waals surface area contributed by atoms with E-state index in [-0.39, 0.29) is 22.3 Å². The Hall–Kier alpha value is -2.75. The first-order chi connectivity index (χ1) is 11.3. The van der Waals surface area contributed by atoms with Crippen molar-refractivity contribution in [1.29, 1.82) is 0 Å². The normalized spacial score (nSPS) is 10.3. The number of nitrogens with zero attached hydrogens (tertiary/aromatic N) is 3. The predicted molar refractivity (Wildman–Crippen MR) is 88.1 cm³/mol. The van der Waals surface area contributed by atoms with Crippen molar-refractivity contribution in [3.63, 3.8) is 0 Å². The second kappa shape index (κ2) is 7.21. The maximum Gasteiger partial charge on any atom is 0.284 e. The van der Waals surface area contributed by atoms with Crippen LogP contribution >= 0.6 is 15.9 Å². The summed E-state index contributed by atoms with van der Waals surface area (Å²) in [6.45, 7) is 3.57. The van der Waals surface area contributed by atoms with Crippen molar-refractivity contribution >= 4 is 33.4 Å². The SMILES string of the molecule is Cc1cc(C)n(CC(=O)NNC(=O)c2ccc(Br)c([N+](=O)[O-])c2)n1. The van der Waals surface area contributed by atoms with Crippen molar-refractivity contribution in [3.05, 3.63) is 55.8 Å². The summed E-state index contributed by atoms with van der Waals surface area (Å²) in [6.07, 6.45) is 0. The summed E-state index contributed by atoms with van der Waals surface area (Å²) in [6, 6.07) is 5.74. The summed E-state index contributed by atoms with van der Waals surface area (Å²) in [5, 5.41) is 15.0. The number of hydrogen-bond donors (Lipinski definition) is 2. The first-order valence-electron chi connectivity index (χ1n) is 6.82. The zero-order valence-corrected chi connectivity index (χ0v) is 14.5. The number of nitro groups is 1. The Morgan fingerprint density at radius 2 is 2.00 bits per heavy atom. The molecule has 0 bridgehead atoms. The Labute approximate surface area is 145 Å². The molecule has 0 radical (unpaired) electrons. The van der Waals surface area contributed by atoms with Crippen molar-refractivity contribution in [1.82, 2.24) is 20.6 Å². The molecule has 2 N–H and O–H groups in total. The van der Waals surface area contributed by atoms with Gasteiger partial charge in [0, 0.05) is 17.3 Å². The molecule has 2 amide bonds. The van der Waals surface area contributed by atoms with Gasteiger partial charge in [0.15, 0.2) is 0 Å². The van der Waals surface area contributed by atoms with Crippen molar-refractivity contribution in [3.8, 4) is 0 Å². The fourth-order valence-corrected chi connectivity index (χ4v) is 2.39. The molecule has 0 fully saturated rings. The molecule has 9 nitrogen and oxygen atoms in total. The number of nitro benzene ring substituents is 1. The highest BCUT2D eigenvalue weighted by atomic mass is 79.9. The molecular formula is C14H14BrN5O4. The van der Waals surface area contributed by atoms with Crippen LogP contribution in [0.1, 0.15) is 21.7 Å². The van der Waals surface area contributed by atoms with Crippen LogP contribution in [0.3, 0.4) is 0 Å². The van der Waals surface area contributed by atoms with Gasteiger partial charge in [-0.05, 0) is 48.0 Å². The number of rotatable bonds is 4. The highest BCUT2D eigenvalue weighted by Crippen LogP contribution is 2.25. The van der Waals surface area contributed by atoms with Crippen LogP contribution in [-0.2, 0) is 11.3 Å². The van der Waals surface area contributed by atoms with E-state index < -0.39 is 16.7 Å². The largest absolute Gasteiger partial charge is 0.284 e. The highest BCUT2D eigenvalue weighted by molar-refractivity contribution is 9.10. The lowest BCUT2D eigenvalue weighted by Gasteiger charge is -2.08. The van der Waals surface area contributed by atoms with Gasteiger partial charge in [-0.3, -0.25) is 35.2 Å². The Balaban J connectivity index is 1.98. The van der Waals surface area contributed by atoms with E-state index in [2.05, 4.69) is 31.9 Å². The smallest absolute Gasteiger partial charge is 0.271 e. The molecule has 126 valence electrons. The molecule has 0 aliphatic rings. The Kier molecular flexibility index (Phi) is 5.29. The molecule has 10 heteroatoms. The van der Waals surface area contributed by atoms with Gasteiger partial charge in [0.05, 0.1) is 15.1 Å². The highest BCUT2D eigenvalue weighted by Gasteiger charge is 2.16. The number of carbonyl (C=O) groups is 2. The van der Waals surface area contributed by atoms with E-state index in [0.717, 1.165) is 17.5 Å². The van der Waals surface area contributed by atoms with Gasteiger partial charge >= 0.3 is 0 Å². The topological polar surface area (TPSA) is 119 Å². The number of benzene rings is 1. The van der Waals surface area contributed by atoms with Crippen molar-refractivity contribution < 1.29 is 14.5 Å². The number of carbonyl (C=O) groups excluding carboxylic acids is 2. The van der Waals surface area contributed by atoms with Crippen LogP contribution in [0.25, 0.3) is 0 Å². The van der Waals surface area contributed by atoms with E-state index in [1.165, 1.54) is 16.8 Å². The number of aromatic nitrogens is 2. The molecule has 1 aromatic carbocycles. The molecule has 0 unspecified atom stereocenters. The summed E-state index contributed by atoms with van der Waals surface area (Å²) < 4.78 is 1.76. The van der Waals surface area contributed by atoms with E-state index in [1.54, 1.807) is 0 Å². The fourth-order valence-electron chi connectivity index (χ4n) is 2.00. The summed E-state index contributed by atoms with van der Waals surface area (Å²) in [5.41, 5.74) is 5.88. The van der Waals surface area contributed by atoms with E-state index in [0.29, 0.717) is 0 Å². The molecule has 0 atom stereocenters. The number of aryl methyl sites for hydroxylation is 2. The molecule has 0 spiro atoms. The lowest BCUT2D eigenvalue weighted by atomic mass is 10.2. The van der Waals surface area contributed by atoms with Gasteiger partial charge < -0.3 is 0 Å². The molecule has 0 aliphatic heterocycles. The van der Waals surface area contributed by atoms with E-state index in [1.807, 2.05) is 19.9 Å². The van der Waals surface area contributed by atoms with Crippen LogP contribution < -0.4 is 10.9 Å². The van der Waals surface area contributed by atoms with Gasteiger partial charge in [-0.25, -0.2) is 0 Å². The van der Waals surface area contributed by atoms with Gasteiger partial charge in [-0.1, -0.05) is 0 Å². The molecular weight excluding hydrogens is 382 g/mol. The van der Waals surface area contributed by atoms with Crippen molar-refractivity contribution in [2.45, 2.75) is 20.4 Å². The quantitative estimate of drug-likeness (QED) is 0.602. The Bertz CT molecular complexity index is 817. The summed E-state index contributed by atoms with van der Waals surface area (Å²) in [5.74, 6) is -1.13. The van der Waals surface area contributed by atoms with Crippen LogP contribution in [0.4, 0.5) is 5.69 Å². The van der Waals surface area contributed by atoms with Crippen LogP contribution in [0.2, 0.25) is 0 Å². The summed E-state index contributed by atoms with van der Waals surface area (Å²) >= 11 is 3.04. The monoisotopic (exact) mass is 395 g/mol. The lowest BCUT2D eigenvalue weighted by Crippen LogP contribution is -2.43. The zero-order valence-electron chi connectivity index (χ0n) is 12.9. The third-order valence-corrected chi connectivity index (χ3v) is 3.79. The van der Waals surface area contributed by atoms with Crippen molar-refractivity contribution in [2.24, 2.45) is 0 Å². The minimum atomic E-state index is -0.660. The number of nitrogens with one attached hydrogen (secondary N) is 2. The fraction of sp³-hybridized carbons (Fsp3) is 0.214. The molecule has 24 heavy (non-hydrogen) atoms. The third kappa shape index (κ3) is 4.16. The summed E-state index contributed by atoms with van der Waals surface area (Å²) in [4.78, 5) is 34.1. The molecule has 0 saturated carbocycles. The minimum absolute atomic E-state index is 0.0521. The maximum atomic E-state index is 12.0. The molecule has 2 rings (SSSR count). The van der Waals surface area contributed by atoms with Crippen molar-refractivity contribution in [2.75, 3.05) is 0 Å². The van der Waals surface area contributed by atoms with E-state index >= 15 is 0 Å². The predicted octanol–water partition coefficient (Wildman–Crippen LogP) is 1.63. The minimum Gasteiger partial charge on any atom is -0.271 e. The maximum absolute atomic E-state index is 12.0. The second-order valence-electron chi connectivity index (χ2n) is 5.01. The molecule has 2 aromatic rings. The van der Waals surface area contributed by atoms with E-state index in [9.17, 15) is 19.7 Å². The average molecular weight is 396 g/mol. The molecule has 0 aliphatic carbocycles. The second-order valence-corrected chi connectivity index (χ2v) is 5.86. The number of hydrazine groups is 1. The van der Waals surface area contributed by atoms with Crippen LogP contribution in [-0.4, -0.2) is 26.5 Å².